The first-order chi connectivity index (χ1) is 12.9. The number of benzene rings is 2. The number of aliphatic imine (C=N–C) groups is 1. The van der Waals surface area contributed by atoms with Crippen LogP contribution in [0.3, 0.4) is 0 Å². The first-order valence-electron chi connectivity index (χ1n) is 8.43. The van der Waals surface area contributed by atoms with Gasteiger partial charge in [-0.25, -0.2) is 9.38 Å². The van der Waals surface area contributed by atoms with Gasteiger partial charge in [-0.1, -0.05) is 23.8 Å². The van der Waals surface area contributed by atoms with E-state index in [-0.39, 0.29) is 42.8 Å². The average molecular weight is 509 g/mol. The minimum Gasteiger partial charge on any atom is -0.505 e. The van der Waals surface area contributed by atoms with Gasteiger partial charge in [-0.05, 0) is 37.6 Å². The molecule has 2 rings (SSSR count). The number of phenols is 1. The van der Waals surface area contributed by atoms with Gasteiger partial charge in [-0.2, -0.15) is 8.78 Å². The molecule has 0 unspecified atom stereocenters. The van der Waals surface area contributed by atoms with Crippen molar-refractivity contribution < 1.29 is 23.0 Å². The Morgan fingerprint density at radius 1 is 1.18 bits per heavy atom. The number of halogens is 4. The lowest BCUT2D eigenvalue weighted by Gasteiger charge is -2.15. The Labute approximate surface area is 179 Å². The van der Waals surface area contributed by atoms with Gasteiger partial charge in [0.2, 0.25) is 0 Å². The first-order valence-corrected chi connectivity index (χ1v) is 8.43. The van der Waals surface area contributed by atoms with Crippen molar-refractivity contribution in [2.75, 3.05) is 6.54 Å². The number of nitrogens with one attached hydrogen (secondary N) is 2. The topological polar surface area (TPSA) is 65.9 Å². The molecule has 0 aliphatic rings. The van der Waals surface area contributed by atoms with E-state index in [4.69, 9.17) is 0 Å². The highest BCUT2D eigenvalue weighted by Crippen LogP contribution is 2.22. The summed E-state index contributed by atoms with van der Waals surface area (Å²) in [7, 11) is 0. The molecule has 2 aromatic rings. The van der Waals surface area contributed by atoms with E-state index >= 15 is 0 Å². The van der Waals surface area contributed by atoms with Crippen molar-refractivity contribution in [3.8, 4) is 11.5 Å². The Hall–Kier alpha value is -2.17. The Morgan fingerprint density at radius 3 is 2.57 bits per heavy atom. The van der Waals surface area contributed by atoms with Crippen LogP contribution in [0.4, 0.5) is 13.2 Å². The second kappa shape index (κ2) is 11.6. The molecule has 0 aliphatic carbocycles. The molecule has 0 fully saturated rings. The molecule has 0 bridgehead atoms. The van der Waals surface area contributed by atoms with Gasteiger partial charge in [0, 0.05) is 18.7 Å². The standard InChI is InChI=1S/C19H22F3N3O2.HI/c1-3-23-19(24-10-13-5-6-16(26)15(20)9-13)25-11-14-8-12(2)4-7-17(14)27-18(21)22;/h4-9,18,26H,3,10-11H2,1-2H3,(H2,23,24,25);1H. The number of alkyl halides is 2. The van der Waals surface area contributed by atoms with Crippen molar-refractivity contribution in [3.05, 3.63) is 58.9 Å². The van der Waals surface area contributed by atoms with Gasteiger partial charge in [-0.15, -0.1) is 24.0 Å². The van der Waals surface area contributed by atoms with Crippen molar-refractivity contribution in [2.45, 2.75) is 33.5 Å². The summed E-state index contributed by atoms with van der Waals surface area (Å²) in [5.41, 5.74) is 2.06. The molecule has 0 radical (unpaired) electrons. The Balaban J connectivity index is 0.00000392. The van der Waals surface area contributed by atoms with Gasteiger partial charge in [0.05, 0.1) is 6.54 Å². The maximum Gasteiger partial charge on any atom is 0.387 e. The summed E-state index contributed by atoms with van der Waals surface area (Å²) >= 11 is 0. The maximum atomic E-state index is 13.4. The summed E-state index contributed by atoms with van der Waals surface area (Å²) in [6.07, 6.45) is 0. The summed E-state index contributed by atoms with van der Waals surface area (Å²) in [6.45, 7) is 1.83. The Kier molecular flexibility index (Phi) is 9.91. The highest BCUT2D eigenvalue weighted by atomic mass is 127. The number of guanidine groups is 1. The fraction of sp³-hybridized carbons (Fsp3) is 0.316. The molecule has 3 N–H and O–H groups in total. The monoisotopic (exact) mass is 509 g/mol. The third-order valence-corrected chi connectivity index (χ3v) is 3.65. The van der Waals surface area contributed by atoms with Crippen LogP contribution < -0.4 is 15.4 Å². The SMILES string of the molecule is CCNC(=NCc1ccc(O)c(F)c1)NCc1cc(C)ccc1OC(F)F.I. The highest BCUT2D eigenvalue weighted by molar-refractivity contribution is 14.0. The van der Waals surface area contributed by atoms with Gasteiger partial charge < -0.3 is 20.5 Å². The molecule has 0 heterocycles. The third kappa shape index (κ3) is 7.45. The molecule has 0 saturated heterocycles. The molecule has 0 aliphatic heterocycles. The molecule has 2 aromatic carbocycles. The highest BCUT2D eigenvalue weighted by Gasteiger charge is 2.10. The maximum absolute atomic E-state index is 13.4. The van der Waals surface area contributed by atoms with E-state index in [1.54, 1.807) is 18.2 Å². The zero-order valence-corrected chi connectivity index (χ0v) is 17.8. The Bertz CT molecular complexity index is 804. The third-order valence-electron chi connectivity index (χ3n) is 3.65. The summed E-state index contributed by atoms with van der Waals surface area (Å²) in [5, 5.41) is 15.3. The summed E-state index contributed by atoms with van der Waals surface area (Å²) in [6, 6.07) is 8.99. The minimum absolute atomic E-state index is 0. The van der Waals surface area contributed by atoms with Crippen LogP contribution >= 0.6 is 24.0 Å². The molecule has 0 spiro atoms. The van der Waals surface area contributed by atoms with Crippen LogP contribution in [-0.2, 0) is 13.1 Å². The number of phenolic OH excluding ortho intramolecular Hbond substituents is 1. The summed E-state index contributed by atoms with van der Waals surface area (Å²) in [4.78, 5) is 4.34. The van der Waals surface area contributed by atoms with E-state index in [0.717, 1.165) is 5.56 Å². The van der Waals surface area contributed by atoms with E-state index in [9.17, 15) is 18.3 Å². The molecule has 5 nitrogen and oxygen atoms in total. The normalized spacial score (nSPS) is 11.1. The van der Waals surface area contributed by atoms with E-state index < -0.39 is 18.2 Å². The molecule has 0 amide bonds. The minimum atomic E-state index is -2.90. The number of aromatic hydroxyl groups is 1. The number of hydrogen-bond donors (Lipinski definition) is 3. The van der Waals surface area contributed by atoms with Crippen LogP contribution in [-0.4, -0.2) is 24.2 Å². The van der Waals surface area contributed by atoms with Crippen LogP contribution in [0.25, 0.3) is 0 Å². The lowest BCUT2D eigenvalue weighted by molar-refractivity contribution is -0.0504. The van der Waals surface area contributed by atoms with Gasteiger partial charge >= 0.3 is 6.61 Å². The molecule has 28 heavy (non-hydrogen) atoms. The molecular weight excluding hydrogens is 486 g/mol. The molecule has 9 heteroatoms. The van der Waals surface area contributed by atoms with Gasteiger partial charge in [0.15, 0.2) is 17.5 Å². The van der Waals surface area contributed by atoms with Crippen LogP contribution in [0.2, 0.25) is 0 Å². The molecule has 154 valence electrons. The fourth-order valence-corrected chi connectivity index (χ4v) is 2.40. The van der Waals surface area contributed by atoms with Gasteiger partial charge in [0.1, 0.15) is 5.75 Å². The zero-order chi connectivity index (χ0) is 19.8. The van der Waals surface area contributed by atoms with Crippen LogP contribution in [0.1, 0.15) is 23.6 Å². The number of rotatable bonds is 7. The van der Waals surface area contributed by atoms with Crippen molar-refractivity contribution in [3.63, 3.8) is 0 Å². The summed E-state index contributed by atoms with van der Waals surface area (Å²) in [5.74, 6) is -0.594. The quantitative estimate of drug-likeness (QED) is 0.296. The van der Waals surface area contributed by atoms with E-state index in [0.29, 0.717) is 23.6 Å². The molecule has 0 aromatic heterocycles. The molecule has 0 atom stereocenters. The zero-order valence-electron chi connectivity index (χ0n) is 15.5. The lowest BCUT2D eigenvalue weighted by atomic mass is 10.1. The van der Waals surface area contributed by atoms with Crippen molar-refractivity contribution in [2.24, 2.45) is 4.99 Å². The summed E-state index contributed by atoms with van der Waals surface area (Å²) < 4.78 is 43.1. The number of aryl methyl sites for hydroxylation is 1. The predicted molar refractivity (Wildman–Crippen MR) is 113 cm³/mol. The van der Waals surface area contributed by atoms with E-state index in [1.165, 1.54) is 18.2 Å². The average Bonchev–Trinajstić information content (AvgIpc) is 2.62. The first kappa shape index (κ1) is 23.9. The van der Waals surface area contributed by atoms with Crippen LogP contribution in [0, 0.1) is 12.7 Å². The fourth-order valence-electron chi connectivity index (χ4n) is 2.40. The Morgan fingerprint density at radius 2 is 1.93 bits per heavy atom. The van der Waals surface area contributed by atoms with Crippen molar-refractivity contribution in [1.82, 2.24) is 10.6 Å². The van der Waals surface area contributed by atoms with Gasteiger partial charge in [-0.3, -0.25) is 0 Å². The van der Waals surface area contributed by atoms with E-state index in [1.807, 2.05) is 13.8 Å². The smallest absolute Gasteiger partial charge is 0.387 e. The number of ether oxygens (including phenoxy) is 1. The predicted octanol–water partition coefficient (Wildman–Crippen LogP) is 4.31. The lowest BCUT2D eigenvalue weighted by Crippen LogP contribution is -2.36. The van der Waals surface area contributed by atoms with E-state index in [2.05, 4.69) is 20.4 Å². The molecular formula is C19H23F3IN3O2. The van der Waals surface area contributed by atoms with Crippen molar-refractivity contribution in [1.29, 1.82) is 0 Å². The van der Waals surface area contributed by atoms with Crippen LogP contribution in [0.5, 0.6) is 11.5 Å². The number of hydrogen-bond acceptors (Lipinski definition) is 3. The van der Waals surface area contributed by atoms with Crippen LogP contribution in [0.15, 0.2) is 41.4 Å². The second-order valence-electron chi connectivity index (χ2n) is 5.82. The number of nitrogens with zero attached hydrogens (tertiary/aromatic N) is 1. The van der Waals surface area contributed by atoms with Gasteiger partial charge in [0.25, 0.3) is 0 Å². The second-order valence-corrected chi connectivity index (χ2v) is 5.82. The molecule has 0 saturated carbocycles. The largest absolute Gasteiger partial charge is 0.505 e. The van der Waals surface area contributed by atoms with Crippen molar-refractivity contribution >= 4 is 29.9 Å².